The smallest absolute Gasteiger partial charge is 0.303 e. The molecule has 1 aromatic rings. The first kappa shape index (κ1) is 15.9. The minimum atomic E-state index is -0.709. The summed E-state index contributed by atoms with van der Waals surface area (Å²) in [7, 11) is 1.65. The zero-order valence-electron chi connectivity index (χ0n) is 12.9. The first-order valence-electron chi connectivity index (χ1n) is 8.04. The topological polar surface area (TPSA) is 46.5 Å². The Hall–Kier alpha value is -1.51. The van der Waals surface area contributed by atoms with E-state index in [1.807, 2.05) is 24.3 Å². The lowest BCUT2D eigenvalue weighted by molar-refractivity contribution is -0.137. The highest BCUT2D eigenvalue weighted by Gasteiger charge is 2.19. The minimum Gasteiger partial charge on any atom is -0.497 e. The summed E-state index contributed by atoms with van der Waals surface area (Å²) < 4.78 is 5.17. The fraction of sp³-hybridized carbons (Fsp3) is 0.611. The molecule has 1 aliphatic rings. The molecule has 0 aromatic heterocycles. The third kappa shape index (κ3) is 5.07. The molecule has 0 aliphatic heterocycles. The zero-order chi connectivity index (χ0) is 15.1. The molecule has 116 valence electrons. The van der Waals surface area contributed by atoms with Gasteiger partial charge in [-0.1, -0.05) is 44.2 Å². The lowest BCUT2D eigenvalue weighted by Crippen LogP contribution is -2.11. The van der Waals surface area contributed by atoms with Gasteiger partial charge >= 0.3 is 5.97 Å². The summed E-state index contributed by atoms with van der Waals surface area (Å²) in [6, 6.07) is 7.86. The Morgan fingerprint density at radius 1 is 1.24 bits per heavy atom. The fourth-order valence-electron chi connectivity index (χ4n) is 3.39. The van der Waals surface area contributed by atoms with Gasteiger partial charge in [0.05, 0.1) is 13.5 Å². The third-order valence-corrected chi connectivity index (χ3v) is 4.66. The van der Waals surface area contributed by atoms with Crippen LogP contribution in [0.25, 0.3) is 0 Å². The van der Waals surface area contributed by atoms with Gasteiger partial charge in [-0.3, -0.25) is 4.79 Å². The molecule has 1 saturated carbocycles. The average Bonchev–Trinajstić information content (AvgIpc) is 2.52. The standard InChI is InChI=1S/C18H26O3/c1-21-17-11-9-15(10-12-17)16(13-18(19)20)8-7-14-5-3-2-4-6-14/h9-12,14,16H,2-8,13H2,1H3,(H,19,20). The molecule has 1 aliphatic carbocycles. The Balaban J connectivity index is 1.97. The highest BCUT2D eigenvalue weighted by molar-refractivity contribution is 5.68. The molecule has 1 unspecified atom stereocenters. The van der Waals surface area contributed by atoms with Crippen LogP contribution in [0, 0.1) is 5.92 Å². The molecule has 3 nitrogen and oxygen atoms in total. The number of methoxy groups -OCH3 is 1. The predicted octanol–water partition coefficient (Wildman–Crippen LogP) is 4.61. The van der Waals surface area contributed by atoms with Crippen molar-refractivity contribution in [2.45, 2.75) is 57.3 Å². The van der Waals surface area contributed by atoms with Crippen LogP contribution in [0.2, 0.25) is 0 Å². The van der Waals surface area contributed by atoms with Crippen molar-refractivity contribution in [2.24, 2.45) is 5.92 Å². The maximum Gasteiger partial charge on any atom is 0.303 e. The SMILES string of the molecule is COc1ccc(C(CCC2CCCCC2)CC(=O)O)cc1. The number of aliphatic carboxylic acids is 1. The van der Waals surface area contributed by atoms with Gasteiger partial charge < -0.3 is 9.84 Å². The van der Waals surface area contributed by atoms with Crippen molar-refractivity contribution in [3.63, 3.8) is 0 Å². The lowest BCUT2D eigenvalue weighted by atomic mass is 9.82. The maximum atomic E-state index is 11.1. The number of hydrogen-bond acceptors (Lipinski definition) is 2. The van der Waals surface area contributed by atoms with Crippen LogP contribution in [-0.2, 0) is 4.79 Å². The second-order valence-corrected chi connectivity index (χ2v) is 6.15. The maximum absolute atomic E-state index is 11.1. The quantitative estimate of drug-likeness (QED) is 0.797. The highest BCUT2D eigenvalue weighted by Crippen LogP contribution is 2.33. The number of hydrogen-bond donors (Lipinski definition) is 1. The summed E-state index contributed by atoms with van der Waals surface area (Å²) in [5, 5.41) is 9.16. The van der Waals surface area contributed by atoms with Crippen molar-refractivity contribution in [2.75, 3.05) is 7.11 Å². The van der Waals surface area contributed by atoms with Crippen LogP contribution in [-0.4, -0.2) is 18.2 Å². The van der Waals surface area contributed by atoms with Crippen LogP contribution < -0.4 is 4.74 Å². The van der Waals surface area contributed by atoms with Gasteiger partial charge in [0.25, 0.3) is 0 Å². The molecule has 1 atom stereocenters. The van der Waals surface area contributed by atoms with Crippen LogP contribution in [0.5, 0.6) is 5.75 Å². The summed E-state index contributed by atoms with van der Waals surface area (Å²) in [4.78, 5) is 11.1. The molecule has 2 rings (SSSR count). The van der Waals surface area contributed by atoms with E-state index in [-0.39, 0.29) is 12.3 Å². The second-order valence-electron chi connectivity index (χ2n) is 6.15. The number of ether oxygens (including phenoxy) is 1. The Labute approximate surface area is 127 Å². The molecule has 1 aromatic carbocycles. The fourth-order valence-corrected chi connectivity index (χ4v) is 3.39. The van der Waals surface area contributed by atoms with Crippen LogP contribution in [0.15, 0.2) is 24.3 Å². The van der Waals surface area contributed by atoms with Gasteiger partial charge in [0.2, 0.25) is 0 Å². The van der Waals surface area contributed by atoms with Crippen molar-refractivity contribution in [3.05, 3.63) is 29.8 Å². The number of rotatable bonds is 7. The Kier molecular flexibility index (Phi) is 6.09. The van der Waals surface area contributed by atoms with Gasteiger partial charge in [0.1, 0.15) is 5.75 Å². The predicted molar refractivity (Wildman–Crippen MR) is 83.8 cm³/mol. The van der Waals surface area contributed by atoms with E-state index >= 15 is 0 Å². The van der Waals surface area contributed by atoms with Crippen LogP contribution >= 0.6 is 0 Å². The minimum absolute atomic E-state index is 0.121. The molecule has 21 heavy (non-hydrogen) atoms. The van der Waals surface area contributed by atoms with E-state index in [1.165, 1.54) is 32.1 Å². The monoisotopic (exact) mass is 290 g/mol. The zero-order valence-corrected chi connectivity index (χ0v) is 12.9. The highest BCUT2D eigenvalue weighted by atomic mass is 16.5. The van der Waals surface area contributed by atoms with E-state index in [1.54, 1.807) is 7.11 Å². The number of carboxylic acid groups (broad SMARTS) is 1. The van der Waals surface area contributed by atoms with Crippen LogP contribution in [0.3, 0.4) is 0 Å². The molecule has 1 fully saturated rings. The lowest BCUT2D eigenvalue weighted by Gasteiger charge is -2.24. The van der Waals surface area contributed by atoms with E-state index in [2.05, 4.69) is 0 Å². The molecule has 0 saturated heterocycles. The van der Waals surface area contributed by atoms with E-state index in [4.69, 9.17) is 9.84 Å². The largest absolute Gasteiger partial charge is 0.497 e. The summed E-state index contributed by atoms with van der Waals surface area (Å²) in [5.41, 5.74) is 1.12. The number of carbonyl (C=O) groups is 1. The van der Waals surface area contributed by atoms with Crippen molar-refractivity contribution < 1.29 is 14.6 Å². The van der Waals surface area contributed by atoms with Gasteiger partial charge in [-0.25, -0.2) is 0 Å². The normalized spacial score (nSPS) is 17.4. The van der Waals surface area contributed by atoms with Gasteiger partial charge in [-0.2, -0.15) is 0 Å². The van der Waals surface area contributed by atoms with Gasteiger partial charge in [-0.15, -0.1) is 0 Å². The molecule has 0 spiro atoms. The molecule has 3 heteroatoms. The van der Waals surface area contributed by atoms with E-state index in [9.17, 15) is 4.79 Å². The second kappa shape index (κ2) is 8.06. The van der Waals surface area contributed by atoms with E-state index < -0.39 is 5.97 Å². The number of carboxylic acids is 1. The Morgan fingerprint density at radius 3 is 2.48 bits per heavy atom. The first-order valence-corrected chi connectivity index (χ1v) is 8.04. The molecule has 1 N–H and O–H groups in total. The van der Waals surface area contributed by atoms with Crippen molar-refractivity contribution in [1.82, 2.24) is 0 Å². The van der Waals surface area contributed by atoms with Crippen molar-refractivity contribution >= 4 is 5.97 Å². The first-order chi connectivity index (χ1) is 10.2. The molecular weight excluding hydrogens is 264 g/mol. The van der Waals surface area contributed by atoms with E-state index in [0.717, 1.165) is 30.1 Å². The Bertz CT molecular complexity index is 432. The molecule has 0 heterocycles. The van der Waals surface area contributed by atoms with Gasteiger partial charge in [0, 0.05) is 0 Å². The summed E-state index contributed by atoms with van der Waals surface area (Å²) in [6.07, 6.45) is 9.05. The molecule has 0 radical (unpaired) electrons. The number of benzene rings is 1. The summed E-state index contributed by atoms with van der Waals surface area (Å²) in [5.74, 6) is 1.03. The van der Waals surface area contributed by atoms with Crippen LogP contribution in [0.1, 0.15) is 62.8 Å². The van der Waals surface area contributed by atoms with Gasteiger partial charge in [-0.05, 0) is 42.4 Å². The average molecular weight is 290 g/mol. The summed E-state index contributed by atoms with van der Waals surface area (Å²) >= 11 is 0. The molecular formula is C18H26O3. The van der Waals surface area contributed by atoms with Crippen LogP contribution in [0.4, 0.5) is 0 Å². The van der Waals surface area contributed by atoms with Crippen molar-refractivity contribution in [1.29, 1.82) is 0 Å². The molecule has 0 bridgehead atoms. The van der Waals surface area contributed by atoms with E-state index in [0.29, 0.717) is 0 Å². The summed E-state index contributed by atoms with van der Waals surface area (Å²) in [6.45, 7) is 0. The Morgan fingerprint density at radius 2 is 1.90 bits per heavy atom. The van der Waals surface area contributed by atoms with Gasteiger partial charge in [0.15, 0.2) is 0 Å². The molecule has 0 amide bonds. The van der Waals surface area contributed by atoms with Crippen molar-refractivity contribution in [3.8, 4) is 5.75 Å². The third-order valence-electron chi connectivity index (χ3n) is 4.66.